The average Bonchev–Trinajstić information content (AvgIpc) is 3.12. The van der Waals surface area contributed by atoms with Crippen molar-refractivity contribution < 1.29 is 14.4 Å². The molecule has 3 aliphatic heterocycles. The second-order valence-corrected chi connectivity index (χ2v) is 8.23. The number of fused-ring (bicyclic) bond motifs is 4. The van der Waals surface area contributed by atoms with Crippen molar-refractivity contribution in [2.24, 2.45) is 11.7 Å². The Hall–Kier alpha value is -2.68. The van der Waals surface area contributed by atoms with Crippen LogP contribution in [0.2, 0.25) is 0 Å². The molecule has 0 radical (unpaired) electrons. The van der Waals surface area contributed by atoms with Gasteiger partial charge in [0.15, 0.2) is 0 Å². The van der Waals surface area contributed by atoms with Gasteiger partial charge in [-0.1, -0.05) is 6.07 Å². The van der Waals surface area contributed by atoms with Crippen molar-refractivity contribution in [3.8, 4) is 0 Å². The van der Waals surface area contributed by atoms with Gasteiger partial charge in [-0.3, -0.25) is 19.2 Å². The third kappa shape index (κ3) is 3.91. The fourth-order valence-electron chi connectivity index (χ4n) is 4.98. The van der Waals surface area contributed by atoms with Gasteiger partial charge in [0.05, 0.1) is 12.6 Å². The lowest BCUT2D eigenvalue weighted by molar-refractivity contribution is -0.133. The van der Waals surface area contributed by atoms with Gasteiger partial charge in [0, 0.05) is 56.2 Å². The molecule has 0 aliphatic carbocycles. The summed E-state index contributed by atoms with van der Waals surface area (Å²) >= 11 is 0. The molecule has 0 spiro atoms. The summed E-state index contributed by atoms with van der Waals surface area (Å²) in [7, 11) is 0. The first-order valence-electron chi connectivity index (χ1n) is 10.2. The Labute approximate surface area is 168 Å². The normalized spacial score (nSPS) is 27.9. The third-order valence-corrected chi connectivity index (χ3v) is 6.35. The Morgan fingerprint density at radius 3 is 2.79 bits per heavy atom. The summed E-state index contributed by atoms with van der Waals surface area (Å²) in [6.45, 7) is 1.39. The highest BCUT2D eigenvalue weighted by Gasteiger charge is 2.41. The summed E-state index contributed by atoms with van der Waals surface area (Å²) in [5.41, 5.74) is 6.38. The molecule has 0 saturated carbocycles. The van der Waals surface area contributed by atoms with Gasteiger partial charge in [0.1, 0.15) is 0 Å². The van der Waals surface area contributed by atoms with E-state index in [1.165, 1.54) is 6.07 Å². The number of nitrogens with two attached hydrogens (primary N) is 1. The number of hydrogen-bond acceptors (Lipinski definition) is 5. The summed E-state index contributed by atoms with van der Waals surface area (Å²) in [4.78, 5) is 50.3. The van der Waals surface area contributed by atoms with E-state index in [1.54, 1.807) is 15.5 Å². The Balaban J connectivity index is 1.51. The van der Waals surface area contributed by atoms with E-state index in [0.29, 0.717) is 32.5 Å². The first kappa shape index (κ1) is 19.6. The van der Waals surface area contributed by atoms with Crippen LogP contribution in [0.3, 0.4) is 0 Å². The molecule has 2 fully saturated rings. The largest absolute Gasteiger partial charge is 0.354 e. The Morgan fingerprint density at radius 1 is 1.24 bits per heavy atom. The van der Waals surface area contributed by atoms with Gasteiger partial charge in [-0.2, -0.15) is 0 Å². The SMILES string of the molecule is NCC(=O)N1C[C@H]2C[C@@H](C1)[C@H](CNC(=O)C[C@H]1CCC(=O)N1)n1c2cccc1=O. The molecule has 1 aromatic heterocycles. The van der Waals surface area contributed by atoms with E-state index in [0.717, 1.165) is 12.1 Å². The van der Waals surface area contributed by atoms with Gasteiger partial charge < -0.3 is 25.8 Å². The monoisotopic (exact) mass is 401 g/mol. The lowest BCUT2D eigenvalue weighted by atomic mass is 9.78. The number of pyridine rings is 1. The topological polar surface area (TPSA) is 127 Å². The highest BCUT2D eigenvalue weighted by Crippen LogP contribution is 2.40. The van der Waals surface area contributed by atoms with E-state index < -0.39 is 0 Å². The molecule has 156 valence electrons. The second kappa shape index (κ2) is 7.98. The predicted molar refractivity (Wildman–Crippen MR) is 105 cm³/mol. The van der Waals surface area contributed by atoms with Gasteiger partial charge in [-0.15, -0.1) is 0 Å². The molecule has 2 bridgehead atoms. The molecular weight excluding hydrogens is 374 g/mol. The number of rotatable bonds is 5. The molecule has 2 saturated heterocycles. The van der Waals surface area contributed by atoms with Crippen LogP contribution in [0.5, 0.6) is 0 Å². The van der Waals surface area contributed by atoms with Gasteiger partial charge in [0.25, 0.3) is 5.56 Å². The van der Waals surface area contributed by atoms with Gasteiger partial charge in [0.2, 0.25) is 17.7 Å². The number of carbonyl (C=O) groups is 3. The van der Waals surface area contributed by atoms with E-state index in [2.05, 4.69) is 10.6 Å². The van der Waals surface area contributed by atoms with Crippen LogP contribution in [0.15, 0.2) is 23.0 Å². The summed E-state index contributed by atoms with van der Waals surface area (Å²) in [5.74, 6) is -0.0858. The van der Waals surface area contributed by atoms with Crippen LogP contribution in [-0.2, 0) is 14.4 Å². The molecular formula is C20H27N5O4. The van der Waals surface area contributed by atoms with E-state index in [-0.39, 0.29) is 60.2 Å². The van der Waals surface area contributed by atoms with Crippen LogP contribution in [0.1, 0.15) is 43.3 Å². The molecule has 4 N–H and O–H groups in total. The van der Waals surface area contributed by atoms with Crippen LogP contribution in [-0.4, -0.2) is 59.4 Å². The molecule has 0 aromatic carbocycles. The molecule has 3 aliphatic rings. The van der Waals surface area contributed by atoms with Gasteiger partial charge in [-0.25, -0.2) is 0 Å². The zero-order chi connectivity index (χ0) is 20.5. The summed E-state index contributed by atoms with van der Waals surface area (Å²) in [5, 5.41) is 5.74. The maximum absolute atomic E-state index is 12.6. The quantitative estimate of drug-likeness (QED) is 0.588. The van der Waals surface area contributed by atoms with E-state index in [9.17, 15) is 19.2 Å². The van der Waals surface area contributed by atoms with Crippen molar-refractivity contribution >= 4 is 17.7 Å². The standard InChI is InChI=1S/C20H27N5O4/c21-8-20(29)24-10-12-6-13(11-24)16(25-15(12)2-1-3-19(25)28)9-22-18(27)7-14-4-5-17(26)23-14/h1-3,12-14,16H,4-11,21H2,(H,22,27)(H,23,26)/t12-,13+,14-,16+/m1/s1. The zero-order valence-electron chi connectivity index (χ0n) is 16.3. The Bertz CT molecular complexity index is 882. The Kier molecular flexibility index (Phi) is 5.40. The maximum atomic E-state index is 12.6. The molecule has 4 heterocycles. The van der Waals surface area contributed by atoms with Crippen molar-refractivity contribution in [3.63, 3.8) is 0 Å². The number of carbonyl (C=O) groups excluding carboxylic acids is 3. The smallest absolute Gasteiger partial charge is 0.251 e. The fourth-order valence-corrected chi connectivity index (χ4v) is 4.98. The minimum Gasteiger partial charge on any atom is -0.354 e. The zero-order valence-corrected chi connectivity index (χ0v) is 16.3. The predicted octanol–water partition coefficient (Wildman–Crippen LogP) is -0.921. The first-order valence-corrected chi connectivity index (χ1v) is 10.2. The highest BCUT2D eigenvalue weighted by atomic mass is 16.2. The molecule has 4 rings (SSSR count). The second-order valence-electron chi connectivity index (χ2n) is 8.23. The van der Waals surface area contributed by atoms with Crippen LogP contribution in [0.25, 0.3) is 0 Å². The fraction of sp³-hybridized carbons (Fsp3) is 0.600. The summed E-state index contributed by atoms with van der Waals surface area (Å²) < 4.78 is 1.79. The highest BCUT2D eigenvalue weighted by molar-refractivity contribution is 5.82. The van der Waals surface area contributed by atoms with Gasteiger partial charge >= 0.3 is 0 Å². The minimum absolute atomic E-state index is 0.0199. The van der Waals surface area contributed by atoms with E-state index in [1.807, 2.05) is 6.07 Å². The first-order chi connectivity index (χ1) is 14.0. The number of likely N-dealkylation sites (tertiary alicyclic amines) is 1. The van der Waals surface area contributed by atoms with Crippen LogP contribution >= 0.6 is 0 Å². The van der Waals surface area contributed by atoms with Crippen LogP contribution < -0.4 is 21.9 Å². The maximum Gasteiger partial charge on any atom is 0.251 e. The summed E-state index contributed by atoms with van der Waals surface area (Å²) in [6, 6.07) is 4.88. The van der Waals surface area contributed by atoms with Gasteiger partial charge in [-0.05, 0) is 24.8 Å². The van der Waals surface area contributed by atoms with Crippen molar-refractivity contribution in [1.82, 2.24) is 20.1 Å². The van der Waals surface area contributed by atoms with Crippen molar-refractivity contribution in [2.75, 3.05) is 26.2 Å². The van der Waals surface area contributed by atoms with E-state index >= 15 is 0 Å². The van der Waals surface area contributed by atoms with E-state index in [4.69, 9.17) is 5.73 Å². The van der Waals surface area contributed by atoms with Crippen molar-refractivity contribution in [2.45, 2.75) is 43.7 Å². The number of aromatic nitrogens is 1. The number of nitrogens with zero attached hydrogens (tertiary/aromatic N) is 2. The number of amides is 3. The molecule has 9 nitrogen and oxygen atoms in total. The minimum atomic E-state index is -0.217. The average molecular weight is 401 g/mol. The molecule has 0 unspecified atom stereocenters. The van der Waals surface area contributed by atoms with Crippen molar-refractivity contribution in [3.05, 3.63) is 34.2 Å². The van der Waals surface area contributed by atoms with Crippen LogP contribution in [0.4, 0.5) is 0 Å². The lowest BCUT2D eigenvalue weighted by Crippen LogP contribution is -2.54. The molecule has 9 heteroatoms. The molecule has 3 amide bonds. The Morgan fingerprint density at radius 2 is 2.07 bits per heavy atom. The summed E-state index contributed by atoms with van der Waals surface area (Å²) in [6.07, 6.45) is 2.23. The lowest BCUT2D eigenvalue weighted by Gasteiger charge is -2.47. The molecule has 29 heavy (non-hydrogen) atoms. The number of hydrogen-bond donors (Lipinski definition) is 3. The molecule has 4 atom stereocenters. The number of nitrogens with one attached hydrogen (secondary N) is 2. The van der Waals surface area contributed by atoms with Crippen LogP contribution in [0, 0.1) is 5.92 Å². The third-order valence-electron chi connectivity index (χ3n) is 6.35. The molecule has 1 aromatic rings. The van der Waals surface area contributed by atoms with Crippen molar-refractivity contribution in [1.29, 1.82) is 0 Å². The number of piperidine rings is 1.